The number of nitrogens with one attached hydrogen (secondary N) is 2. The zero-order valence-corrected chi connectivity index (χ0v) is 12.9. The Morgan fingerprint density at radius 2 is 1.74 bits per heavy atom. The van der Waals surface area contributed by atoms with Crippen LogP contribution in [0.2, 0.25) is 5.02 Å². The molecule has 0 atom stereocenters. The topological polar surface area (TPSA) is 82.0 Å². The summed E-state index contributed by atoms with van der Waals surface area (Å²) in [5.41, 5.74) is 1.82. The van der Waals surface area contributed by atoms with E-state index in [-0.39, 0.29) is 13.0 Å². The number of carbonyl (C=O) groups excluding carboxylic acids is 2. The van der Waals surface area contributed by atoms with Gasteiger partial charge in [-0.3, -0.25) is 9.59 Å². The third kappa shape index (κ3) is 5.13. The highest BCUT2D eigenvalue weighted by molar-refractivity contribution is 6.31. The normalized spacial score (nSPS) is 9.74. The number of hydrogen-bond acceptors (Lipinski definition) is 3. The summed E-state index contributed by atoms with van der Waals surface area (Å²) < 4.78 is 0. The molecule has 0 heterocycles. The number of amides is 2. The quantitative estimate of drug-likeness (QED) is 0.828. The molecule has 2 aromatic carbocycles. The van der Waals surface area contributed by atoms with Crippen LogP contribution in [-0.4, -0.2) is 11.8 Å². The summed E-state index contributed by atoms with van der Waals surface area (Å²) in [5.74, 6) is -0.817. The van der Waals surface area contributed by atoms with Crippen LogP contribution in [0.15, 0.2) is 48.5 Å². The molecule has 0 saturated heterocycles. The molecular formula is C17H14ClN3O2. The number of nitrogens with zero attached hydrogens (tertiary/aromatic N) is 1. The molecule has 0 aliphatic heterocycles. The van der Waals surface area contributed by atoms with Gasteiger partial charge >= 0.3 is 0 Å². The molecule has 0 spiro atoms. The minimum absolute atomic E-state index is 0.267. The highest BCUT2D eigenvalue weighted by atomic mass is 35.5. The number of hydrogen-bond donors (Lipinski definition) is 2. The number of nitriles is 1. The Bertz CT molecular complexity index is 751. The molecule has 2 aromatic rings. The average molecular weight is 328 g/mol. The molecule has 0 aliphatic carbocycles. The predicted octanol–water partition coefficient (Wildman–Crippen LogP) is 2.86. The van der Waals surface area contributed by atoms with E-state index in [1.54, 1.807) is 42.5 Å². The van der Waals surface area contributed by atoms with Gasteiger partial charge in [-0.1, -0.05) is 29.8 Å². The van der Waals surface area contributed by atoms with Crippen molar-refractivity contribution in [1.29, 1.82) is 5.26 Å². The van der Waals surface area contributed by atoms with Crippen molar-refractivity contribution >= 4 is 29.1 Å². The van der Waals surface area contributed by atoms with Gasteiger partial charge in [0.1, 0.15) is 6.42 Å². The fraction of sp³-hybridized carbons (Fsp3) is 0.118. The number of halogens is 1. The second kappa shape index (κ2) is 7.97. The van der Waals surface area contributed by atoms with Crippen LogP contribution in [0.1, 0.15) is 17.5 Å². The van der Waals surface area contributed by atoms with Crippen LogP contribution < -0.4 is 10.6 Å². The fourth-order valence-electron chi connectivity index (χ4n) is 1.88. The van der Waals surface area contributed by atoms with Gasteiger partial charge in [0.2, 0.25) is 11.8 Å². The van der Waals surface area contributed by atoms with E-state index in [9.17, 15) is 9.59 Å². The predicted molar refractivity (Wildman–Crippen MR) is 87.7 cm³/mol. The van der Waals surface area contributed by atoms with Gasteiger partial charge in [-0.05, 0) is 35.9 Å². The van der Waals surface area contributed by atoms with E-state index in [4.69, 9.17) is 16.9 Å². The van der Waals surface area contributed by atoms with Gasteiger partial charge in [0.15, 0.2) is 0 Å². The highest BCUT2D eigenvalue weighted by Crippen LogP contribution is 2.14. The maximum absolute atomic E-state index is 11.8. The Balaban J connectivity index is 1.81. The van der Waals surface area contributed by atoms with E-state index < -0.39 is 11.8 Å². The Kier molecular flexibility index (Phi) is 5.73. The van der Waals surface area contributed by atoms with Gasteiger partial charge in [-0.2, -0.15) is 5.26 Å². The summed E-state index contributed by atoms with van der Waals surface area (Å²) in [7, 11) is 0. The number of rotatable bonds is 5. The molecule has 2 amide bonds. The average Bonchev–Trinajstić information content (AvgIpc) is 2.54. The first kappa shape index (κ1) is 16.5. The highest BCUT2D eigenvalue weighted by Gasteiger charge is 2.10. The molecule has 6 heteroatoms. The molecule has 0 unspecified atom stereocenters. The molecule has 0 bridgehead atoms. The molecule has 0 fully saturated rings. The second-order valence-electron chi connectivity index (χ2n) is 4.78. The maximum atomic E-state index is 11.8. The van der Waals surface area contributed by atoms with Gasteiger partial charge in [-0.25, -0.2) is 0 Å². The van der Waals surface area contributed by atoms with E-state index in [1.165, 1.54) is 0 Å². The zero-order valence-electron chi connectivity index (χ0n) is 12.2. The van der Waals surface area contributed by atoms with Gasteiger partial charge in [0.25, 0.3) is 0 Å². The summed E-state index contributed by atoms with van der Waals surface area (Å²) in [6.07, 6.45) is -0.287. The third-order valence-electron chi connectivity index (χ3n) is 3.05. The fourth-order valence-corrected chi connectivity index (χ4v) is 2.08. The van der Waals surface area contributed by atoms with Crippen molar-refractivity contribution in [3.05, 3.63) is 64.7 Å². The van der Waals surface area contributed by atoms with Gasteiger partial charge in [-0.15, -0.1) is 0 Å². The van der Waals surface area contributed by atoms with E-state index in [1.807, 2.05) is 12.1 Å². The Hall–Kier alpha value is -2.84. The first-order valence-electron chi connectivity index (χ1n) is 6.88. The minimum atomic E-state index is -0.425. The molecule has 2 rings (SSSR count). The number of carbonyl (C=O) groups is 2. The Labute approximate surface area is 138 Å². The summed E-state index contributed by atoms with van der Waals surface area (Å²) in [6.45, 7) is 0.267. The summed E-state index contributed by atoms with van der Waals surface area (Å²) in [6, 6.07) is 15.6. The summed E-state index contributed by atoms with van der Waals surface area (Å²) >= 11 is 5.99. The lowest BCUT2D eigenvalue weighted by atomic mass is 10.2. The van der Waals surface area contributed by atoms with Crippen molar-refractivity contribution in [2.75, 3.05) is 5.32 Å². The lowest BCUT2D eigenvalue weighted by Crippen LogP contribution is -2.27. The van der Waals surface area contributed by atoms with Crippen molar-refractivity contribution in [2.24, 2.45) is 0 Å². The lowest BCUT2D eigenvalue weighted by Gasteiger charge is -2.08. The van der Waals surface area contributed by atoms with Crippen molar-refractivity contribution < 1.29 is 9.59 Å². The van der Waals surface area contributed by atoms with Crippen molar-refractivity contribution in [3.63, 3.8) is 0 Å². The number of benzene rings is 2. The molecule has 0 aliphatic rings. The second-order valence-corrected chi connectivity index (χ2v) is 5.19. The first-order valence-corrected chi connectivity index (χ1v) is 7.26. The van der Waals surface area contributed by atoms with E-state index >= 15 is 0 Å². The number of anilines is 1. The van der Waals surface area contributed by atoms with Crippen LogP contribution in [0.25, 0.3) is 0 Å². The first-order chi connectivity index (χ1) is 11.1. The maximum Gasteiger partial charge on any atom is 0.233 e. The van der Waals surface area contributed by atoms with Crippen LogP contribution in [-0.2, 0) is 16.1 Å². The molecular weight excluding hydrogens is 314 g/mol. The Morgan fingerprint density at radius 1 is 1.04 bits per heavy atom. The standard InChI is InChI=1S/C17H14ClN3O2/c18-15-4-2-1-3-13(15)11-20-16(22)9-17(23)21-14-7-5-12(10-19)6-8-14/h1-8H,9,11H2,(H,20,22)(H,21,23). The SMILES string of the molecule is N#Cc1ccc(NC(=O)CC(=O)NCc2ccccc2Cl)cc1. The molecule has 0 radical (unpaired) electrons. The molecule has 0 saturated carbocycles. The van der Waals surface area contributed by atoms with Gasteiger partial charge in [0, 0.05) is 17.3 Å². The largest absolute Gasteiger partial charge is 0.352 e. The molecule has 5 nitrogen and oxygen atoms in total. The van der Waals surface area contributed by atoms with Crippen molar-refractivity contribution in [1.82, 2.24) is 5.32 Å². The van der Waals surface area contributed by atoms with E-state index in [2.05, 4.69) is 10.6 Å². The smallest absolute Gasteiger partial charge is 0.233 e. The minimum Gasteiger partial charge on any atom is -0.352 e. The Morgan fingerprint density at radius 3 is 2.39 bits per heavy atom. The molecule has 2 N–H and O–H groups in total. The monoisotopic (exact) mass is 327 g/mol. The van der Waals surface area contributed by atoms with Crippen molar-refractivity contribution in [3.8, 4) is 6.07 Å². The van der Waals surface area contributed by atoms with Crippen molar-refractivity contribution in [2.45, 2.75) is 13.0 Å². The van der Waals surface area contributed by atoms with Crippen LogP contribution in [0.4, 0.5) is 5.69 Å². The van der Waals surface area contributed by atoms with E-state index in [0.717, 1.165) is 5.56 Å². The van der Waals surface area contributed by atoms with Crippen LogP contribution >= 0.6 is 11.6 Å². The summed E-state index contributed by atoms with van der Waals surface area (Å²) in [5, 5.41) is 14.5. The summed E-state index contributed by atoms with van der Waals surface area (Å²) in [4.78, 5) is 23.6. The zero-order chi connectivity index (χ0) is 16.7. The van der Waals surface area contributed by atoms with E-state index in [0.29, 0.717) is 16.3 Å². The van der Waals surface area contributed by atoms with Crippen LogP contribution in [0, 0.1) is 11.3 Å². The molecule has 0 aromatic heterocycles. The molecule has 23 heavy (non-hydrogen) atoms. The van der Waals surface area contributed by atoms with Crippen LogP contribution in [0.3, 0.4) is 0 Å². The van der Waals surface area contributed by atoms with Crippen LogP contribution in [0.5, 0.6) is 0 Å². The molecule has 116 valence electrons. The van der Waals surface area contributed by atoms with Gasteiger partial charge < -0.3 is 10.6 Å². The van der Waals surface area contributed by atoms with Gasteiger partial charge in [0.05, 0.1) is 11.6 Å². The lowest BCUT2D eigenvalue weighted by molar-refractivity contribution is -0.126. The third-order valence-corrected chi connectivity index (χ3v) is 3.42.